The number of alkyl halides is 1. The Morgan fingerprint density at radius 1 is 1.38 bits per heavy atom. The minimum Gasteiger partial charge on any atom is -0.380 e. The summed E-state index contributed by atoms with van der Waals surface area (Å²) in [6.07, 6.45) is 4.99. The van der Waals surface area contributed by atoms with E-state index in [0.717, 1.165) is 26.2 Å². The van der Waals surface area contributed by atoms with Crippen molar-refractivity contribution in [2.75, 3.05) is 19.8 Å². The van der Waals surface area contributed by atoms with Crippen molar-refractivity contribution in [3.63, 3.8) is 0 Å². The molecule has 0 heterocycles. The second-order valence-corrected chi connectivity index (χ2v) is 4.12. The van der Waals surface area contributed by atoms with Crippen molar-refractivity contribution >= 4 is 11.6 Å². The third-order valence-electron chi connectivity index (χ3n) is 2.54. The Morgan fingerprint density at radius 3 is 2.85 bits per heavy atom. The minimum absolute atomic E-state index is 0.329. The summed E-state index contributed by atoms with van der Waals surface area (Å²) in [6, 6.07) is 0.510. The standard InChI is InChI=1S/C10H20ClNO/c1-2-13-8-7-12-10-6-4-3-5-9(10)11/h9-10,12H,2-8H2,1H3. The normalized spacial score (nSPS) is 29.1. The van der Waals surface area contributed by atoms with E-state index < -0.39 is 0 Å². The van der Waals surface area contributed by atoms with Crippen LogP contribution in [0.2, 0.25) is 0 Å². The Morgan fingerprint density at radius 2 is 2.15 bits per heavy atom. The smallest absolute Gasteiger partial charge is 0.0590 e. The van der Waals surface area contributed by atoms with Crippen molar-refractivity contribution in [2.24, 2.45) is 0 Å². The Labute approximate surface area is 86.0 Å². The molecule has 0 amide bonds. The number of nitrogens with one attached hydrogen (secondary N) is 1. The van der Waals surface area contributed by atoms with E-state index in [1.54, 1.807) is 0 Å². The van der Waals surface area contributed by atoms with Gasteiger partial charge < -0.3 is 10.1 Å². The molecule has 0 aliphatic heterocycles. The van der Waals surface area contributed by atoms with Gasteiger partial charge in [0.1, 0.15) is 0 Å². The lowest BCUT2D eigenvalue weighted by atomic mass is 9.95. The minimum atomic E-state index is 0.329. The molecule has 0 saturated heterocycles. The zero-order valence-corrected chi connectivity index (χ0v) is 9.15. The molecule has 2 unspecified atom stereocenters. The second kappa shape index (κ2) is 6.63. The average molecular weight is 206 g/mol. The fraction of sp³-hybridized carbons (Fsp3) is 1.00. The van der Waals surface area contributed by atoms with E-state index in [9.17, 15) is 0 Å². The highest BCUT2D eigenvalue weighted by molar-refractivity contribution is 6.21. The molecule has 0 bridgehead atoms. The van der Waals surface area contributed by atoms with E-state index in [1.165, 1.54) is 19.3 Å². The highest BCUT2D eigenvalue weighted by Gasteiger charge is 2.21. The SMILES string of the molecule is CCOCCNC1CCCCC1Cl. The maximum absolute atomic E-state index is 6.19. The molecule has 2 nitrogen and oxygen atoms in total. The van der Waals surface area contributed by atoms with E-state index in [1.807, 2.05) is 6.92 Å². The highest BCUT2D eigenvalue weighted by atomic mass is 35.5. The summed E-state index contributed by atoms with van der Waals surface area (Å²) >= 11 is 6.19. The number of hydrogen-bond donors (Lipinski definition) is 1. The molecule has 1 N–H and O–H groups in total. The molecular formula is C10H20ClNO. The lowest BCUT2D eigenvalue weighted by molar-refractivity contribution is 0.145. The van der Waals surface area contributed by atoms with Crippen LogP contribution in [0.15, 0.2) is 0 Å². The lowest BCUT2D eigenvalue weighted by Gasteiger charge is -2.27. The topological polar surface area (TPSA) is 21.3 Å². The van der Waals surface area contributed by atoms with Gasteiger partial charge in [-0.05, 0) is 19.8 Å². The molecule has 1 aliphatic rings. The largest absolute Gasteiger partial charge is 0.380 e. The van der Waals surface area contributed by atoms with E-state index in [4.69, 9.17) is 16.3 Å². The van der Waals surface area contributed by atoms with E-state index in [2.05, 4.69) is 5.32 Å². The van der Waals surface area contributed by atoms with Gasteiger partial charge in [0.2, 0.25) is 0 Å². The molecule has 0 aromatic carbocycles. The fourth-order valence-corrected chi connectivity index (χ4v) is 2.15. The van der Waals surface area contributed by atoms with Crippen LogP contribution in [0.5, 0.6) is 0 Å². The van der Waals surface area contributed by atoms with Gasteiger partial charge in [-0.3, -0.25) is 0 Å². The molecule has 78 valence electrons. The molecule has 1 rings (SSSR count). The predicted molar refractivity (Wildman–Crippen MR) is 56.4 cm³/mol. The maximum Gasteiger partial charge on any atom is 0.0590 e. The molecular weight excluding hydrogens is 186 g/mol. The van der Waals surface area contributed by atoms with Gasteiger partial charge in [0.05, 0.1) is 6.61 Å². The molecule has 0 radical (unpaired) electrons. The van der Waals surface area contributed by atoms with Crippen LogP contribution in [0.25, 0.3) is 0 Å². The molecule has 0 aromatic rings. The average Bonchev–Trinajstić information content (AvgIpc) is 2.15. The van der Waals surface area contributed by atoms with Crippen LogP contribution < -0.4 is 5.32 Å². The van der Waals surface area contributed by atoms with Crippen LogP contribution in [0.1, 0.15) is 32.6 Å². The number of rotatable bonds is 5. The van der Waals surface area contributed by atoms with Gasteiger partial charge in [-0.25, -0.2) is 0 Å². The molecule has 13 heavy (non-hydrogen) atoms. The Balaban J connectivity index is 2.05. The molecule has 3 heteroatoms. The lowest BCUT2D eigenvalue weighted by Crippen LogP contribution is -2.40. The fourth-order valence-electron chi connectivity index (χ4n) is 1.78. The summed E-state index contributed by atoms with van der Waals surface area (Å²) in [5.41, 5.74) is 0. The summed E-state index contributed by atoms with van der Waals surface area (Å²) in [5, 5.41) is 3.78. The van der Waals surface area contributed by atoms with Crippen LogP contribution in [-0.2, 0) is 4.74 Å². The summed E-state index contributed by atoms with van der Waals surface area (Å²) in [5.74, 6) is 0. The first-order valence-corrected chi connectivity index (χ1v) is 5.73. The first-order chi connectivity index (χ1) is 6.34. The number of hydrogen-bond acceptors (Lipinski definition) is 2. The molecule has 2 atom stereocenters. The molecule has 0 aromatic heterocycles. The van der Waals surface area contributed by atoms with E-state index >= 15 is 0 Å². The van der Waals surface area contributed by atoms with Crippen molar-refractivity contribution in [3.05, 3.63) is 0 Å². The zero-order chi connectivity index (χ0) is 9.52. The van der Waals surface area contributed by atoms with Crippen LogP contribution in [-0.4, -0.2) is 31.2 Å². The van der Waals surface area contributed by atoms with Gasteiger partial charge in [-0.1, -0.05) is 12.8 Å². The van der Waals surface area contributed by atoms with Gasteiger partial charge in [-0.15, -0.1) is 11.6 Å². The van der Waals surface area contributed by atoms with Crippen molar-refractivity contribution in [1.82, 2.24) is 5.32 Å². The number of ether oxygens (including phenoxy) is 1. The third kappa shape index (κ3) is 4.30. The van der Waals surface area contributed by atoms with E-state index in [-0.39, 0.29) is 0 Å². The third-order valence-corrected chi connectivity index (χ3v) is 3.06. The Hall–Kier alpha value is 0.210. The van der Waals surface area contributed by atoms with Crippen LogP contribution in [0.3, 0.4) is 0 Å². The van der Waals surface area contributed by atoms with E-state index in [0.29, 0.717) is 11.4 Å². The van der Waals surface area contributed by atoms with Crippen LogP contribution in [0, 0.1) is 0 Å². The monoisotopic (exact) mass is 205 g/mol. The molecule has 0 spiro atoms. The summed E-state index contributed by atoms with van der Waals surface area (Å²) in [6.45, 7) is 4.56. The number of halogens is 1. The first kappa shape index (κ1) is 11.3. The summed E-state index contributed by atoms with van der Waals surface area (Å²) in [7, 11) is 0. The van der Waals surface area contributed by atoms with Gasteiger partial charge in [0.15, 0.2) is 0 Å². The summed E-state index contributed by atoms with van der Waals surface area (Å²) in [4.78, 5) is 0. The van der Waals surface area contributed by atoms with Gasteiger partial charge in [-0.2, -0.15) is 0 Å². The highest BCUT2D eigenvalue weighted by Crippen LogP contribution is 2.22. The van der Waals surface area contributed by atoms with Crippen molar-refractivity contribution in [2.45, 2.75) is 44.0 Å². The van der Waals surface area contributed by atoms with Crippen molar-refractivity contribution < 1.29 is 4.74 Å². The Bertz CT molecular complexity index is 132. The first-order valence-electron chi connectivity index (χ1n) is 5.29. The zero-order valence-electron chi connectivity index (χ0n) is 8.39. The molecule has 1 aliphatic carbocycles. The van der Waals surface area contributed by atoms with Crippen molar-refractivity contribution in [3.8, 4) is 0 Å². The van der Waals surface area contributed by atoms with Crippen molar-refractivity contribution in [1.29, 1.82) is 0 Å². The van der Waals surface area contributed by atoms with Gasteiger partial charge in [0.25, 0.3) is 0 Å². The molecule has 1 saturated carbocycles. The van der Waals surface area contributed by atoms with Gasteiger partial charge in [0, 0.05) is 24.6 Å². The Kier molecular flexibility index (Phi) is 5.76. The van der Waals surface area contributed by atoms with Crippen LogP contribution >= 0.6 is 11.6 Å². The van der Waals surface area contributed by atoms with Crippen LogP contribution in [0.4, 0.5) is 0 Å². The maximum atomic E-state index is 6.19. The predicted octanol–water partition coefficient (Wildman–Crippen LogP) is 2.16. The molecule has 1 fully saturated rings. The van der Waals surface area contributed by atoms with Gasteiger partial charge >= 0.3 is 0 Å². The quantitative estimate of drug-likeness (QED) is 0.549. The second-order valence-electron chi connectivity index (χ2n) is 3.56. The summed E-state index contributed by atoms with van der Waals surface area (Å²) < 4.78 is 5.25.